The van der Waals surface area contributed by atoms with Crippen LogP contribution in [0.2, 0.25) is 0 Å². The number of amides is 1. The van der Waals surface area contributed by atoms with Crippen LogP contribution in [0.3, 0.4) is 0 Å². The Morgan fingerprint density at radius 2 is 2.44 bits per heavy atom. The molecule has 1 aliphatic rings. The maximum Gasteiger partial charge on any atom is 0.247 e. The molecule has 0 spiro atoms. The minimum Gasteiger partial charge on any atom is -0.336 e. The summed E-state index contributed by atoms with van der Waals surface area (Å²) in [4.78, 5) is 18.0. The number of carbonyl (C=O) groups excluding carboxylic acids is 1. The zero-order valence-electron chi connectivity index (χ0n) is 9.63. The minimum atomic E-state index is -0.275. The van der Waals surface area contributed by atoms with Crippen molar-refractivity contribution >= 4 is 5.91 Å². The fourth-order valence-corrected chi connectivity index (χ4v) is 1.94. The summed E-state index contributed by atoms with van der Waals surface area (Å²) < 4.78 is 1.59. The van der Waals surface area contributed by atoms with Crippen molar-refractivity contribution in [1.29, 1.82) is 0 Å². The van der Waals surface area contributed by atoms with Gasteiger partial charge in [-0.15, -0.1) is 0 Å². The first-order chi connectivity index (χ1) is 7.70. The molecule has 6 heteroatoms. The number of hydrogen-bond acceptors (Lipinski definition) is 4. The molecule has 1 amide bonds. The van der Waals surface area contributed by atoms with Gasteiger partial charge in [0, 0.05) is 25.7 Å². The zero-order chi connectivity index (χ0) is 11.5. The number of nitrogens with zero attached hydrogens (tertiary/aromatic N) is 4. The van der Waals surface area contributed by atoms with Gasteiger partial charge in [-0.1, -0.05) is 0 Å². The zero-order valence-corrected chi connectivity index (χ0v) is 9.63. The van der Waals surface area contributed by atoms with E-state index in [1.165, 1.54) is 6.33 Å². The van der Waals surface area contributed by atoms with E-state index in [2.05, 4.69) is 22.3 Å². The van der Waals surface area contributed by atoms with E-state index >= 15 is 0 Å². The highest BCUT2D eigenvalue weighted by molar-refractivity contribution is 5.80. The van der Waals surface area contributed by atoms with Crippen LogP contribution in [0.1, 0.15) is 19.9 Å². The molecular weight excluding hydrogens is 206 g/mol. The van der Waals surface area contributed by atoms with Gasteiger partial charge in [0.1, 0.15) is 18.7 Å². The summed E-state index contributed by atoms with van der Waals surface area (Å²) in [5.41, 5.74) is 0. The van der Waals surface area contributed by atoms with Gasteiger partial charge in [-0.05, 0) is 13.8 Å². The van der Waals surface area contributed by atoms with Crippen LogP contribution >= 0.6 is 0 Å². The molecule has 6 nitrogen and oxygen atoms in total. The number of rotatable bonds is 2. The predicted molar refractivity (Wildman–Crippen MR) is 58.8 cm³/mol. The van der Waals surface area contributed by atoms with E-state index in [1.807, 2.05) is 11.8 Å². The molecule has 16 heavy (non-hydrogen) atoms. The molecule has 1 N–H and O–H groups in total. The molecule has 1 aromatic heterocycles. The van der Waals surface area contributed by atoms with E-state index < -0.39 is 0 Å². The number of carbonyl (C=O) groups is 1. The van der Waals surface area contributed by atoms with E-state index in [1.54, 1.807) is 11.0 Å². The number of nitrogens with one attached hydrogen (secondary N) is 1. The van der Waals surface area contributed by atoms with E-state index in [0.717, 1.165) is 19.6 Å². The molecular formula is C10H17N5O. The Labute approximate surface area is 94.6 Å². The van der Waals surface area contributed by atoms with Crippen molar-refractivity contribution in [1.82, 2.24) is 25.0 Å². The van der Waals surface area contributed by atoms with Crippen molar-refractivity contribution in [2.45, 2.75) is 25.9 Å². The van der Waals surface area contributed by atoms with Gasteiger partial charge in [-0.25, -0.2) is 9.67 Å². The van der Waals surface area contributed by atoms with E-state index in [-0.39, 0.29) is 18.0 Å². The lowest BCUT2D eigenvalue weighted by Gasteiger charge is -2.35. The predicted octanol–water partition coefficient (Wildman–Crippen LogP) is -0.341. The van der Waals surface area contributed by atoms with Crippen molar-refractivity contribution < 1.29 is 4.79 Å². The van der Waals surface area contributed by atoms with Gasteiger partial charge in [0.05, 0.1) is 0 Å². The third-order valence-electron chi connectivity index (χ3n) is 2.98. The average Bonchev–Trinajstić information content (AvgIpc) is 2.81. The summed E-state index contributed by atoms with van der Waals surface area (Å²) in [5, 5.41) is 7.26. The van der Waals surface area contributed by atoms with Crippen LogP contribution in [0.4, 0.5) is 0 Å². The van der Waals surface area contributed by atoms with Crippen LogP contribution in [0.15, 0.2) is 12.7 Å². The molecule has 2 heterocycles. The molecule has 0 radical (unpaired) electrons. The largest absolute Gasteiger partial charge is 0.336 e. The van der Waals surface area contributed by atoms with E-state index in [0.29, 0.717) is 0 Å². The topological polar surface area (TPSA) is 63.1 Å². The van der Waals surface area contributed by atoms with Crippen molar-refractivity contribution in [2.75, 3.05) is 19.6 Å². The van der Waals surface area contributed by atoms with Gasteiger partial charge in [0.25, 0.3) is 0 Å². The van der Waals surface area contributed by atoms with Crippen LogP contribution in [-0.2, 0) is 4.79 Å². The molecule has 1 saturated heterocycles. The van der Waals surface area contributed by atoms with Gasteiger partial charge < -0.3 is 10.2 Å². The fourth-order valence-electron chi connectivity index (χ4n) is 1.94. The third kappa shape index (κ3) is 2.06. The first kappa shape index (κ1) is 11.1. The maximum absolute atomic E-state index is 12.2. The molecule has 1 aromatic rings. The lowest BCUT2D eigenvalue weighted by atomic mass is 10.2. The molecule has 1 fully saturated rings. The smallest absolute Gasteiger partial charge is 0.247 e. The highest BCUT2D eigenvalue weighted by Gasteiger charge is 2.27. The average molecular weight is 223 g/mol. The SMILES string of the molecule is CC(C(=O)N1CCNC[C@H]1C)n1cncn1. The number of piperazine rings is 1. The van der Waals surface area contributed by atoms with Crippen LogP contribution in [0.5, 0.6) is 0 Å². The summed E-state index contributed by atoms with van der Waals surface area (Å²) in [6.07, 6.45) is 3.03. The monoisotopic (exact) mass is 223 g/mol. The standard InChI is InChI=1S/C10H17N5O/c1-8-5-11-3-4-14(8)10(16)9(2)15-7-12-6-13-15/h6-9,11H,3-5H2,1-2H3/t8-,9?/m1/s1. The van der Waals surface area contributed by atoms with Crippen LogP contribution < -0.4 is 5.32 Å². The van der Waals surface area contributed by atoms with Gasteiger partial charge >= 0.3 is 0 Å². The van der Waals surface area contributed by atoms with Crippen molar-refractivity contribution in [3.05, 3.63) is 12.7 Å². The highest BCUT2D eigenvalue weighted by atomic mass is 16.2. The molecule has 0 aromatic carbocycles. The Balaban J connectivity index is 2.06. The van der Waals surface area contributed by atoms with Crippen LogP contribution in [0, 0.1) is 0 Å². The summed E-state index contributed by atoms with van der Waals surface area (Å²) in [5.74, 6) is 0.111. The Kier molecular flexibility index (Phi) is 3.19. The molecule has 2 atom stereocenters. The Morgan fingerprint density at radius 3 is 3.06 bits per heavy atom. The lowest BCUT2D eigenvalue weighted by molar-refractivity contribution is -0.137. The second-order valence-electron chi connectivity index (χ2n) is 4.14. The van der Waals surface area contributed by atoms with Crippen LogP contribution in [0.25, 0.3) is 0 Å². The first-order valence-corrected chi connectivity index (χ1v) is 5.55. The van der Waals surface area contributed by atoms with Gasteiger partial charge in [-0.2, -0.15) is 5.10 Å². The quantitative estimate of drug-likeness (QED) is 0.745. The molecule has 0 bridgehead atoms. The molecule has 1 unspecified atom stereocenters. The van der Waals surface area contributed by atoms with Crippen molar-refractivity contribution in [2.24, 2.45) is 0 Å². The third-order valence-corrected chi connectivity index (χ3v) is 2.98. The lowest BCUT2D eigenvalue weighted by Crippen LogP contribution is -2.53. The molecule has 1 aliphatic heterocycles. The molecule has 0 saturated carbocycles. The van der Waals surface area contributed by atoms with Gasteiger partial charge in [-0.3, -0.25) is 4.79 Å². The highest BCUT2D eigenvalue weighted by Crippen LogP contribution is 2.12. The Hall–Kier alpha value is -1.43. The van der Waals surface area contributed by atoms with Gasteiger partial charge in [0.2, 0.25) is 5.91 Å². The summed E-state index contributed by atoms with van der Waals surface area (Å²) in [6.45, 7) is 6.39. The van der Waals surface area contributed by atoms with E-state index in [9.17, 15) is 4.79 Å². The molecule has 88 valence electrons. The van der Waals surface area contributed by atoms with E-state index in [4.69, 9.17) is 0 Å². The summed E-state index contributed by atoms with van der Waals surface area (Å²) in [7, 11) is 0. The van der Waals surface area contributed by atoms with Crippen LogP contribution in [-0.4, -0.2) is 51.2 Å². The normalized spacial score (nSPS) is 23.1. The molecule has 2 rings (SSSR count). The Bertz CT molecular complexity index is 350. The summed E-state index contributed by atoms with van der Waals surface area (Å²) in [6, 6.07) is -0.0322. The second kappa shape index (κ2) is 4.61. The number of aromatic nitrogens is 3. The fraction of sp³-hybridized carbons (Fsp3) is 0.700. The first-order valence-electron chi connectivity index (χ1n) is 5.55. The minimum absolute atomic E-state index is 0.111. The maximum atomic E-state index is 12.2. The van der Waals surface area contributed by atoms with Crippen molar-refractivity contribution in [3.8, 4) is 0 Å². The van der Waals surface area contributed by atoms with Crippen molar-refractivity contribution in [3.63, 3.8) is 0 Å². The second-order valence-corrected chi connectivity index (χ2v) is 4.14. The molecule has 0 aliphatic carbocycles. The number of hydrogen-bond donors (Lipinski definition) is 1. The summed E-state index contributed by atoms with van der Waals surface area (Å²) >= 11 is 0. The van der Waals surface area contributed by atoms with Gasteiger partial charge in [0.15, 0.2) is 0 Å². The Morgan fingerprint density at radius 1 is 1.62 bits per heavy atom.